The number of pyridine rings is 1. The molecule has 0 aliphatic carbocycles. The van der Waals surface area contributed by atoms with Crippen LogP contribution in [0.4, 0.5) is 0 Å². The standard InChI is InChI=1S/C45H34N4/c1-3-16-40-31(2)46-42(33-19-9-5-10-20-33)43(47-40)39-29-37(32-17-7-4-8-18-32)28-38(30-39)35-23-15-24-36(27-35)44-45(34-21-11-6-12-22-34)49-26-14-13-25-41(49)48-44/h3-30H,1-2H3/b16-3-. The van der Waals surface area contributed by atoms with Crippen LogP contribution in [0.1, 0.15) is 18.3 Å². The van der Waals surface area contributed by atoms with Gasteiger partial charge in [-0.3, -0.25) is 4.40 Å². The van der Waals surface area contributed by atoms with Crippen molar-refractivity contribution in [1.29, 1.82) is 0 Å². The van der Waals surface area contributed by atoms with E-state index in [4.69, 9.17) is 15.0 Å². The number of benzene rings is 5. The van der Waals surface area contributed by atoms with Gasteiger partial charge in [0.25, 0.3) is 0 Å². The highest BCUT2D eigenvalue weighted by Crippen LogP contribution is 2.39. The predicted octanol–water partition coefficient (Wildman–Crippen LogP) is 11.5. The van der Waals surface area contributed by atoms with E-state index in [9.17, 15) is 0 Å². The second kappa shape index (κ2) is 13.0. The highest BCUT2D eigenvalue weighted by atomic mass is 15.0. The average Bonchev–Trinajstić information content (AvgIpc) is 3.56. The maximum Gasteiger partial charge on any atom is 0.137 e. The van der Waals surface area contributed by atoms with Crippen molar-refractivity contribution in [2.24, 2.45) is 0 Å². The maximum atomic E-state index is 5.25. The quantitative estimate of drug-likeness (QED) is 0.176. The molecule has 3 aromatic heterocycles. The molecule has 49 heavy (non-hydrogen) atoms. The number of hydrogen-bond donors (Lipinski definition) is 0. The number of imidazole rings is 1. The number of nitrogens with zero attached hydrogens (tertiary/aromatic N) is 4. The molecular weight excluding hydrogens is 597 g/mol. The first-order valence-electron chi connectivity index (χ1n) is 16.6. The van der Waals surface area contributed by atoms with Crippen LogP contribution in [0.3, 0.4) is 0 Å². The Hall–Kier alpha value is -6.39. The molecule has 0 bridgehead atoms. The van der Waals surface area contributed by atoms with Crippen molar-refractivity contribution < 1.29 is 0 Å². The third kappa shape index (κ3) is 5.85. The van der Waals surface area contributed by atoms with Crippen LogP contribution in [0.15, 0.2) is 164 Å². The van der Waals surface area contributed by atoms with Crippen LogP contribution in [0.5, 0.6) is 0 Å². The number of aromatic nitrogens is 4. The lowest BCUT2D eigenvalue weighted by Crippen LogP contribution is -2.00. The topological polar surface area (TPSA) is 43.1 Å². The van der Waals surface area contributed by atoms with Gasteiger partial charge in [-0.05, 0) is 78.6 Å². The Morgan fingerprint density at radius 2 is 1.00 bits per heavy atom. The normalized spacial score (nSPS) is 11.4. The molecule has 8 rings (SSSR count). The van der Waals surface area contributed by atoms with E-state index in [1.807, 2.05) is 44.2 Å². The minimum absolute atomic E-state index is 0.854. The van der Waals surface area contributed by atoms with Gasteiger partial charge in [0, 0.05) is 28.5 Å². The van der Waals surface area contributed by atoms with Crippen molar-refractivity contribution in [3.63, 3.8) is 0 Å². The van der Waals surface area contributed by atoms with Crippen molar-refractivity contribution >= 4 is 11.7 Å². The Morgan fingerprint density at radius 3 is 1.71 bits per heavy atom. The summed E-state index contributed by atoms with van der Waals surface area (Å²) >= 11 is 0. The summed E-state index contributed by atoms with van der Waals surface area (Å²) in [7, 11) is 0. The Balaban J connectivity index is 1.34. The molecule has 0 radical (unpaired) electrons. The second-order valence-electron chi connectivity index (χ2n) is 12.1. The SMILES string of the molecule is C/C=C\c1nc(-c2cc(-c3ccccc3)cc(-c3cccc(-c4nc5ccccn5c4-c4ccccc4)c3)c2)c(-c2ccccc2)nc1C. The van der Waals surface area contributed by atoms with Crippen LogP contribution in [-0.4, -0.2) is 19.4 Å². The fourth-order valence-electron chi connectivity index (χ4n) is 6.49. The number of rotatable bonds is 7. The fraction of sp³-hybridized carbons (Fsp3) is 0.0444. The van der Waals surface area contributed by atoms with Gasteiger partial charge in [-0.2, -0.15) is 0 Å². The monoisotopic (exact) mass is 630 g/mol. The van der Waals surface area contributed by atoms with Gasteiger partial charge in [-0.25, -0.2) is 15.0 Å². The van der Waals surface area contributed by atoms with E-state index in [1.54, 1.807) is 0 Å². The van der Waals surface area contributed by atoms with Crippen molar-refractivity contribution in [2.75, 3.05) is 0 Å². The third-order valence-electron chi connectivity index (χ3n) is 8.84. The summed E-state index contributed by atoms with van der Waals surface area (Å²) in [4.78, 5) is 15.5. The lowest BCUT2D eigenvalue weighted by Gasteiger charge is -2.15. The van der Waals surface area contributed by atoms with Crippen LogP contribution in [0, 0.1) is 6.92 Å². The van der Waals surface area contributed by atoms with Gasteiger partial charge >= 0.3 is 0 Å². The third-order valence-corrected chi connectivity index (χ3v) is 8.84. The van der Waals surface area contributed by atoms with Crippen LogP contribution < -0.4 is 0 Å². The molecule has 0 fully saturated rings. The summed E-state index contributed by atoms with van der Waals surface area (Å²) in [6, 6.07) is 53.0. The van der Waals surface area contributed by atoms with Crippen LogP contribution in [-0.2, 0) is 0 Å². The molecule has 0 aliphatic heterocycles. The summed E-state index contributed by atoms with van der Waals surface area (Å²) in [6.07, 6.45) is 6.14. The average molecular weight is 631 g/mol. The van der Waals surface area contributed by atoms with E-state index in [2.05, 4.69) is 144 Å². The van der Waals surface area contributed by atoms with Gasteiger partial charge in [0.2, 0.25) is 0 Å². The van der Waals surface area contributed by atoms with E-state index >= 15 is 0 Å². The molecule has 4 nitrogen and oxygen atoms in total. The van der Waals surface area contributed by atoms with Crippen molar-refractivity contribution in [3.8, 4) is 67.3 Å². The highest BCUT2D eigenvalue weighted by Gasteiger charge is 2.19. The number of fused-ring (bicyclic) bond motifs is 1. The lowest BCUT2D eigenvalue weighted by molar-refractivity contribution is 1.11. The fourth-order valence-corrected chi connectivity index (χ4v) is 6.49. The van der Waals surface area contributed by atoms with Crippen LogP contribution in [0.25, 0.3) is 79.0 Å². The molecular formula is C45H34N4. The van der Waals surface area contributed by atoms with E-state index in [0.29, 0.717) is 0 Å². The first kappa shape index (κ1) is 30.0. The number of aryl methyl sites for hydroxylation is 1. The van der Waals surface area contributed by atoms with Gasteiger partial charge in [-0.1, -0.05) is 121 Å². The van der Waals surface area contributed by atoms with Gasteiger partial charge in [0.05, 0.1) is 34.2 Å². The number of hydrogen-bond acceptors (Lipinski definition) is 3. The lowest BCUT2D eigenvalue weighted by atomic mass is 9.92. The first-order valence-corrected chi connectivity index (χ1v) is 16.6. The molecule has 0 amide bonds. The largest absolute Gasteiger partial charge is 0.299 e. The van der Waals surface area contributed by atoms with E-state index in [1.165, 1.54) is 0 Å². The molecule has 4 heteroatoms. The second-order valence-corrected chi connectivity index (χ2v) is 12.1. The molecule has 0 N–H and O–H groups in total. The number of allylic oxidation sites excluding steroid dienone is 1. The molecule has 3 heterocycles. The maximum absolute atomic E-state index is 5.25. The summed E-state index contributed by atoms with van der Waals surface area (Å²) < 4.78 is 2.18. The zero-order valence-corrected chi connectivity index (χ0v) is 27.5. The predicted molar refractivity (Wildman–Crippen MR) is 203 cm³/mol. The molecule has 0 aliphatic rings. The molecule has 5 aromatic carbocycles. The smallest absolute Gasteiger partial charge is 0.137 e. The van der Waals surface area contributed by atoms with E-state index < -0.39 is 0 Å². The van der Waals surface area contributed by atoms with Gasteiger partial charge in [-0.15, -0.1) is 0 Å². The van der Waals surface area contributed by atoms with Crippen LogP contribution >= 0.6 is 0 Å². The molecule has 0 saturated heterocycles. The molecule has 8 aromatic rings. The Labute approximate surface area is 286 Å². The summed E-state index contributed by atoms with van der Waals surface area (Å²) in [6.45, 7) is 4.04. The van der Waals surface area contributed by atoms with E-state index in [0.717, 1.165) is 84.3 Å². The van der Waals surface area contributed by atoms with Crippen molar-refractivity contribution in [3.05, 3.63) is 175 Å². The molecule has 0 atom stereocenters. The Morgan fingerprint density at radius 1 is 0.449 bits per heavy atom. The van der Waals surface area contributed by atoms with Crippen LogP contribution in [0.2, 0.25) is 0 Å². The minimum atomic E-state index is 0.854. The molecule has 0 spiro atoms. The van der Waals surface area contributed by atoms with Crippen molar-refractivity contribution in [1.82, 2.24) is 19.4 Å². The zero-order chi connectivity index (χ0) is 33.2. The molecule has 0 unspecified atom stereocenters. The van der Waals surface area contributed by atoms with E-state index in [-0.39, 0.29) is 0 Å². The summed E-state index contributed by atoms with van der Waals surface area (Å²) in [5.74, 6) is 0. The van der Waals surface area contributed by atoms with Crippen molar-refractivity contribution in [2.45, 2.75) is 13.8 Å². The van der Waals surface area contributed by atoms with Gasteiger partial charge < -0.3 is 0 Å². The minimum Gasteiger partial charge on any atom is -0.299 e. The Kier molecular flexibility index (Phi) is 7.96. The van der Waals surface area contributed by atoms with Gasteiger partial charge in [0.15, 0.2) is 0 Å². The van der Waals surface area contributed by atoms with Gasteiger partial charge in [0.1, 0.15) is 5.65 Å². The summed E-state index contributed by atoms with van der Waals surface area (Å²) in [5.41, 5.74) is 15.1. The molecule has 0 saturated carbocycles. The Bertz CT molecular complexity index is 2440. The molecule has 234 valence electrons. The highest BCUT2D eigenvalue weighted by molar-refractivity contribution is 5.88. The summed E-state index contributed by atoms with van der Waals surface area (Å²) in [5, 5.41) is 0. The zero-order valence-electron chi connectivity index (χ0n) is 27.5. The first-order chi connectivity index (χ1) is 24.2.